The minimum absolute atomic E-state index is 0.410. The number of aromatic nitrogens is 1. The summed E-state index contributed by atoms with van der Waals surface area (Å²) in [7, 11) is 2.01. The second kappa shape index (κ2) is 6.98. The van der Waals surface area contributed by atoms with Crippen molar-refractivity contribution in [2.75, 3.05) is 7.05 Å². The van der Waals surface area contributed by atoms with Gasteiger partial charge in [0, 0.05) is 29.6 Å². The molecule has 24 heavy (non-hydrogen) atoms. The lowest BCUT2D eigenvalue weighted by atomic mass is 10.1. The number of hydrogen-bond donors (Lipinski definition) is 1. The molecule has 0 aliphatic rings. The van der Waals surface area contributed by atoms with Crippen molar-refractivity contribution in [2.24, 2.45) is 5.73 Å². The summed E-state index contributed by atoms with van der Waals surface area (Å²) in [5, 5.41) is 4.03. The summed E-state index contributed by atoms with van der Waals surface area (Å²) in [6.45, 7) is 3.29. The van der Waals surface area contributed by atoms with Crippen LogP contribution < -0.4 is 5.73 Å². The van der Waals surface area contributed by atoms with Crippen LogP contribution >= 0.6 is 11.3 Å². The molecule has 3 rings (SSSR count). The number of nitrogens with two attached hydrogens (primary N) is 1. The summed E-state index contributed by atoms with van der Waals surface area (Å²) in [6.07, 6.45) is 0. The van der Waals surface area contributed by atoms with Crippen molar-refractivity contribution in [3.8, 4) is 11.5 Å². The van der Waals surface area contributed by atoms with Crippen LogP contribution in [0, 0.1) is 6.92 Å². The van der Waals surface area contributed by atoms with Gasteiger partial charge in [0.25, 0.3) is 0 Å². The lowest BCUT2D eigenvalue weighted by Crippen LogP contribution is -2.18. The van der Waals surface area contributed by atoms with Gasteiger partial charge in [-0.2, -0.15) is 11.3 Å². The minimum atomic E-state index is -0.410. The van der Waals surface area contributed by atoms with Crippen LogP contribution in [-0.4, -0.2) is 22.8 Å². The zero-order chi connectivity index (χ0) is 17.1. The molecule has 124 valence electrons. The number of rotatable bonds is 6. The molecule has 0 fully saturated rings. The summed E-state index contributed by atoms with van der Waals surface area (Å²) in [5.74, 6) is 1.08. The van der Waals surface area contributed by atoms with Gasteiger partial charge < -0.3 is 10.2 Å². The van der Waals surface area contributed by atoms with E-state index in [1.54, 1.807) is 17.4 Å². The van der Waals surface area contributed by atoms with Crippen molar-refractivity contribution < 1.29 is 9.21 Å². The monoisotopic (exact) mass is 341 g/mol. The van der Waals surface area contributed by atoms with Crippen LogP contribution in [0.5, 0.6) is 0 Å². The number of amides is 1. The molecule has 5 nitrogen and oxygen atoms in total. The molecule has 0 aliphatic heterocycles. The number of primary amides is 1. The van der Waals surface area contributed by atoms with E-state index in [0.29, 0.717) is 24.5 Å². The van der Waals surface area contributed by atoms with E-state index in [2.05, 4.69) is 9.88 Å². The second-order valence-electron chi connectivity index (χ2n) is 5.77. The van der Waals surface area contributed by atoms with Crippen molar-refractivity contribution in [3.63, 3.8) is 0 Å². The van der Waals surface area contributed by atoms with E-state index in [0.717, 1.165) is 22.6 Å². The highest BCUT2D eigenvalue weighted by molar-refractivity contribution is 7.08. The van der Waals surface area contributed by atoms with E-state index < -0.39 is 5.91 Å². The maximum absolute atomic E-state index is 11.3. The summed E-state index contributed by atoms with van der Waals surface area (Å²) in [6, 6.07) is 9.37. The molecule has 2 aromatic heterocycles. The number of aryl methyl sites for hydroxylation is 1. The molecule has 0 saturated carbocycles. The summed E-state index contributed by atoms with van der Waals surface area (Å²) < 4.78 is 5.77. The quantitative estimate of drug-likeness (QED) is 0.745. The molecular weight excluding hydrogens is 322 g/mol. The Morgan fingerprint density at radius 1 is 1.33 bits per heavy atom. The number of benzene rings is 1. The molecule has 3 aromatic rings. The maximum atomic E-state index is 11.3. The van der Waals surface area contributed by atoms with Gasteiger partial charge in [-0.3, -0.25) is 9.69 Å². The third-order valence-electron chi connectivity index (χ3n) is 3.74. The highest BCUT2D eigenvalue weighted by Crippen LogP contribution is 2.24. The molecular formula is C18H19N3O2S. The van der Waals surface area contributed by atoms with Crippen LogP contribution in [0.4, 0.5) is 0 Å². The third kappa shape index (κ3) is 3.72. The molecule has 0 bridgehead atoms. The normalized spacial score (nSPS) is 11.1. The Morgan fingerprint density at radius 2 is 2.17 bits per heavy atom. The summed E-state index contributed by atoms with van der Waals surface area (Å²) in [4.78, 5) is 18.0. The first-order chi connectivity index (χ1) is 11.5. The lowest BCUT2D eigenvalue weighted by molar-refractivity contribution is 0.1000. The zero-order valence-electron chi connectivity index (χ0n) is 13.7. The largest absolute Gasteiger partial charge is 0.441 e. The fourth-order valence-electron chi connectivity index (χ4n) is 2.53. The molecule has 1 aromatic carbocycles. The summed E-state index contributed by atoms with van der Waals surface area (Å²) >= 11 is 1.62. The number of carbonyl (C=O) groups is 1. The smallest absolute Gasteiger partial charge is 0.248 e. The second-order valence-corrected chi connectivity index (χ2v) is 6.55. The van der Waals surface area contributed by atoms with Gasteiger partial charge in [-0.1, -0.05) is 12.1 Å². The van der Waals surface area contributed by atoms with Gasteiger partial charge in [-0.25, -0.2) is 4.98 Å². The van der Waals surface area contributed by atoms with Gasteiger partial charge in [0.05, 0.1) is 5.69 Å². The van der Waals surface area contributed by atoms with Crippen molar-refractivity contribution in [3.05, 3.63) is 63.7 Å². The molecule has 0 unspecified atom stereocenters. The van der Waals surface area contributed by atoms with Crippen molar-refractivity contribution in [2.45, 2.75) is 20.0 Å². The van der Waals surface area contributed by atoms with Gasteiger partial charge in [0.1, 0.15) is 5.76 Å². The van der Waals surface area contributed by atoms with E-state index in [-0.39, 0.29) is 0 Å². The first kappa shape index (κ1) is 16.4. The van der Waals surface area contributed by atoms with Crippen LogP contribution in [0.15, 0.2) is 45.5 Å². The Kier molecular flexibility index (Phi) is 4.78. The molecule has 2 N–H and O–H groups in total. The maximum Gasteiger partial charge on any atom is 0.248 e. The predicted molar refractivity (Wildman–Crippen MR) is 94.7 cm³/mol. The van der Waals surface area contributed by atoms with Gasteiger partial charge in [0.2, 0.25) is 11.8 Å². The molecule has 0 saturated heterocycles. The number of hydrogen-bond acceptors (Lipinski definition) is 5. The SMILES string of the molecule is Cc1oc(-c2ccsc2)nc1CN(C)Cc1cccc(C(N)=O)c1. The first-order valence-electron chi connectivity index (χ1n) is 7.59. The van der Waals surface area contributed by atoms with Crippen LogP contribution in [0.25, 0.3) is 11.5 Å². The standard InChI is InChI=1S/C18H19N3O2S/c1-12-16(20-18(23-12)15-6-7-24-11-15)10-21(2)9-13-4-3-5-14(8-13)17(19)22/h3-8,11H,9-10H2,1-2H3,(H2,19,22). The topological polar surface area (TPSA) is 72.4 Å². The first-order valence-corrected chi connectivity index (χ1v) is 8.53. The van der Waals surface area contributed by atoms with Crippen LogP contribution in [-0.2, 0) is 13.1 Å². The summed E-state index contributed by atoms with van der Waals surface area (Å²) in [5.41, 5.74) is 8.82. The Balaban J connectivity index is 1.70. The average Bonchev–Trinajstić information content (AvgIpc) is 3.18. The Hall–Kier alpha value is -2.44. The minimum Gasteiger partial charge on any atom is -0.441 e. The molecule has 2 heterocycles. The van der Waals surface area contributed by atoms with Crippen LogP contribution in [0.2, 0.25) is 0 Å². The molecule has 0 radical (unpaired) electrons. The van der Waals surface area contributed by atoms with Gasteiger partial charge in [-0.05, 0) is 43.1 Å². The third-order valence-corrected chi connectivity index (χ3v) is 4.43. The van der Waals surface area contributed by atoms with E-state index in [4.69, 9.17) is 10.2 Å². The molecule has 0 spiro atoms. The zero-order valence-corrected chi connectivity index (χ0v) is 14.5. The Bertz CT molecular complexity index is 840. The van der Waals surface area contributed by atoms with Crippen LogP contribution in [0.1, 0.15) is 27.4 Å². The average molecular weight is 341 g/mol. The highest BCUT2D eigenvalue weighted by Gasteiger charge is 2.14. The lowest BCUT2D eigenvalue weighted by Gasteiger charge is -2.15. The van der Waals surface area contributed by atoms with Gasteiger partial charge in [-0.15, -0.1) is 0 Å². The Morgan fingerprint density at radius 3 is 2.88 bits per heavy atom. The van der Waals surface area contributed by atoms with E-state index in [9.17, 15) is 4.79 Å². The fourth-order valence-corrected chi connectivity index (χ4v) is 3.16. The number of oxazole rings is 1. The van der Waals surface area contributed by atoms with E-state index in [1.807, 2.05) is 49.0 Å². The number of thiophene rings is 1. The molecule has 0 aliphatic carbocycles. The van der Waals surface area contributed by atoms with Crippen molar-refractivity contribution >= 4 is 17.2 Å². The van der Waals surface area contributed by atoms with Crippen molar-refractivity contribution in [1.29, 1.82) is 0 Å². The fraction of sp³-hybridized carbons (Fsp3) is 0.222. The van der Waals surface area contributed by atoms with E-state index in [1.165, 1.54) is 0 Å². The highest BCUT2D eigenvalue weighted by atomic mass is 32.1. The van der Waals surface area contributed by atoms with Crippen LogP contribution in [0.3, 0.4) is 0 Å². The Labute approximate surface area is 144 Å². The number of nitrogens with zero attached hydrogens (tertiary/aromatic N) is 2. The van der Waals surface area contributed by atoms with Gasteiger partial charge >= 0.3 is 0 Å². The number of carbonyl (C=O) groups excluding carboxylic acids is 1. The van der Waals surface area contributed by atoms with E-state index >= 15 is 0 Å². The van der Waals surface area contributed by atoms with Crippen molar-refractivity contribution in [1.82, 2.24) is 9.88 Å². The molecule has 1 amide bonds. The molecule has 0 atom stereocenters. The predicted octanol–water partition coefficient (Wildman–Crippen LogP) is 3.44. The van der Waals surface area contributed by atoms with Gasteiger partial charge in [0.15, 0.2) is 0 Å². The molecule has 6 heteroatoms.